The van der Waals surface area contributed by atoms with Crippen LogP contribution in [0.1, 0.15) is 31.7 Å². The third kappa shape index (κ3) is 3.19. The average molecular weight is 291 g/mol. The molecule has 0 bridgehead atoms. The summed E-state index contributed by atoms with van der Waals surface area (Å²) in [5.41, 5.74) is 0.967. The van der Waals surface area contributed by atoms with Crippen molar-refractivity contribution in [1.29, 1.82) is 0 Å². The number of benzene rings is 1. The number of aliphatic hydroxyl groups is 1. The third-order valence-corrected chi connectivity index (χ3v) is 4.15. The third-order valence-electron chi connectivity index (χ3n) is 4.15. The van der Waals surface area contributed by atoms with Crippen LogP contribution >= 0.6 is 0 Å². The molecule has 0 aliphatic carbocycles. The first-order valence-electron chi connectivity index (χ1n) is 7.43. The number of hydrogen-bond donors (Lipinski definition) is 1. The van der Waals surface area contributed by atoms with Gasteiger partial charge in [0, 0.05) is 13.0 Å². The summed E-state index contributed by atoms with van der Waals surface area (Å²) in [5.74, 6) is -1.14. The van der Waals surface area contributed by atoms with Gasteiger partial charge < -0.3 is 19.5 Å². The zero-order valence-electron chi connectivity index (χ0n) is 12.2. The van der Waals surface area contributed by atoms with Crippen LogP contribution < -0.4 is 0 Å². The molecule has 21 heavy (non-hydrogen) atoms. The van der Waals surface area contributed by atoms with E-state index in [0.717, 1.165) is 18.4 Å². The number of fused-ring (bicyclic) bond motifs is 1. The van der Waals surface area contributed by atoms with Gasteiger partial charge in [0.25, 0.3) is 0 Å². The zero-order valence-corrected chi connectivity index (χ0v) is 12.2. The van der Waals surface area contributed by atoms with E-state index in [1.807, 2.05) is 30.3 Å². The van der Waals surface area contributed by atoms with Crippen LogP contribution in [0.15, 0.2) is 30.3 Å². The fourth-order valence-corrected chi connectivity index (χ4v) is 3.19. The molecule has 0 spiro atoms. The van der Waals surface area contributed by atoms with Crippen LogP contribution in [0.4, 0.5) is 4.79 Å². The fraction of sp³-hybridized carbons (Fsp3) is 0.562. The standard InChI is InChI=1S/C16H21NO4/c1-16(19)10-13-14(21-16)8-5-9-17(13)15(18)20-11-12-6-3-2-4-7-12/h2-4,6-7,13-14,19H,5,8-11H2,1H3/t13-,14-,16?/m1/s1. The number of amides is 1. The number of ether oxygens (including phenoxy) is 2. The van der Waals surface area contributed by atoms with Gasteiger partial charge in [-0.2, -0.15) is 0 Å². The summed E-state index contributed by atoms with van der Waals surface area (Å²) in [6.07, 6.45) is 1.78. The minimum Gasteiger partial charge on any atom is -0.445 e. The number of hydrogen-bond acceptors (Lipinski definition) is 4. The summed E-state index contributed by atoms with van der Waals surface area (Å²) in [7, 11) is 0. The van der Waals surface area contributed by atoms with Gasteiger partial charge in [0.15, 0.2) is 5.79 Å². The molecule has 0 aromatic heterocycles. The van der Waals surface area contributed by atoms with E-state index in [2.05, 4.69) is 0 Å². The Morgan fingerprint density at radius 1 is 1.48 bits per heavy atom. The highest BCUT2D eigenvalue weighted by Crippen LogP contribution is 2.36. The molecule has 1 N–H and O–H groups in total. The summed E-state index contributed by atoms with van der Waals surface area (Å²) >= 11 is 0. The molecule has 2 saturated heterocycles. The van der Waals surface area contributed by atoms with Crippen LogP contribution in [0.25, 0.3) is 0 Å². The SMILES string of the molecule is CC1(O)C[C@@H]2[C@@H](CCCN2C(=O)OCc2ccccc2)O1. The number of rotatable bonds is 2. The molecule has 2 aliphatic heterocycles. The Morgan fingerprint density at radius 3 is 3.00 bits per heavy atom. The maximum Gasteiger partial charge on any atom is 0.410 e. The van der Waals surface area contributed by atoms with Gasteiger partial charge in [0.05, 0.1) is 12.1 Å². The number of carbonyl (C=O) groups excluding carboxylic acids is 1. The Balaban J connectivity index is 1.61. The highest BCUT2D eigenvalue weighted by atomic mass is 16.6. The Morgan fingerprint density at radius 2 is 2.24 bits per heavy atom. The molecular formula is C16H21NO4. The molecule has 1 unspecified atom stereocenters. The van der Waals surface area contributed by atoms with Gasteiger partial charge in [-0.05, 0) is 25.3 Å². The number of nitrogens with zero attached hydrogens (tertiary/aromatic N) is 1. The highest BCUT2D eigenvalue weighted by Gasteiger charge is 2.48. The summed E-state index contributed by atoms with van der Waals surface area (Å²) < 4.78 is 11.0. The Bertz CT molecular complexity index is 502. The van der Waals surface area contributed by atoms with Gasteiger partial charge in [-0.1, -0.05) is 30.3 Å². The molecule has 2 aliphatic rings. The van der Waals surface area contributed by atoms with Gasteiger partial charge in [0.2, 0.25) is 0 Å². The highest BCUT2D eigenvalue weighted by molar-refractivity contribution is 5.68. The lowest BCUT2D eigenvalue weighted by Crippen LogP contribution is -2.49. The van der Waals surface area contributed by atoms with E-state index in [-0.39, 0.29) is 24.8 Å². The molecule has 1 amide bonds. The van der Waals surface area contributed by atoms with Crippen LogP contribution in [0, 0.1) is 0 Å². The second kappa shape index (κ2) is 5.66. The molecule has 0 radical (unpaired) electrons. The van der Waals surface area contributed by atoms with Crippen molar-refractivity contribution < 1.29 is 19.4 Å². The summed E-state index contributed by atoms with van der Waals surface area (Å²) in [6.45, 7) is 2.58. The van der Waals surface area contributed by atoms with Crippen molar-refractivity contribution >= 4 is 6.09 Å². The minimum absolute atomic E-state index is 0.0852. The van der Waals surface area contributed by atoms with Crippen molar-refractivity contribution in [3.63, 3.8) is 0 Å². The first-order chi connectivity index (χ1) is 10.1. The molecule has 2 heterocycles. The second-order valence-electron chi connectivity index (χ2n) is 5.98. The molecule has 2 fully saturated rings. The lowest BCUT2D eigenvalue weighted by molar-refractivity contribution is -0.181. The van der Waals surface area contributed by atoms with E-state index in [1.54, 1.807) is 11.8 Å². The van der Waals surface area contributed by atoms with Crippen LogP contribution in [0.5, 0.6) is 0 Å². The number of likely N-dealkylation sites (tertiary alicyclic amines) is 1. The summed E-state index contributed by atoms with van der Waals surface area (Å²) in [6, 6.07) is 9.53. The van der Waals surface area contributed by atoms with Gasteiger partial charge in [-0.3, -0.25) is 0 Å². The molecule has 114 valence electrons. The van der Waals surface area contributed by atoms with Crippen LogP contribution in [0.3, 0.4) is 0 Å². The quantitative estimate of drug-likeness (QED) is 0.908. The largest absolute Gasteiger partial charge is 0.445 e. The summed E-state index contributed by atoms with van der Waals surface area (Å²) in [4.78, 5) is 14.0. The van der Waals surface area contributed by atoms with Crippen LogP contribution in [-0.4, -0.2) is 40.6 Å². The lowest BCUT2D eigenvalue weighted by atomic mass is 9.97. The van der Waals surface area contributed by atoms with E-state index < -0.39 is 5.79 Å². The normalized spacial score (nSPS) is 31.8. The molecule has 3 rings (SSSR count). The van der Waals surface area contributed by atoms with Crippen molar-refractivity contribution in [3.05, 3.63) is 35.9 Å². The van der Waals surface area contributed by atoms with Crippen molar-refractivity contribution in [3.8, 4) is 0 Å². The lowest BCUT2D eigenvalue weighted by Gasteiger charge is -2.35. The van der Waals surface area contributed by atoms with Gasteiger partial charge in [-0.25, -0.2) is 4.79 Å². The molecule has 5 heteroatoms. The predicted octanol–water partition coefficient (Wildman–Crippen LogP) is 2.29. The van der Waals surface area contributed by atoms with E-state index in [9.17, 15) is 9.90 Å². The molecule has 1 aromatic carbocycles. The van der Waals surface area contributed by atoms with Crippen molar-refractivity contribution in [2.75, 3.05) is 6.54 Å². The molecule has 3 atom stereocenters. The monoisotopic (exact) mass is 291 g/mol. The van der Waals surface area contributed by atoms with Crippen molar-refractivity contribution in [2.24, 2.45) is 0 Å². The average Bonchev–Trinajstić information content (AvgIpc) is 2.79. The van der Waals surface area contributed by atoms with Gasteiger partial charge >= 0.3 is 6.09 Å². The van der Waals surface area contributed by atoms with E-state index in [0.29, 0.717) is 13.0 Å². The first-order valence-corrected chi connectivity index (χ1v) is 7.43. The number of piperidine rings is 1. The Hall–Kier alpha value is -1.59. The molecule has 0 saturated carbocycles. The van der Waals surface area contributed by atoms with Gasteiger partial charge in [0.1, 0.15) is 6.61 Å². The molecule has 5 nitrogen and oxygen atoms in total. The van der Waals surface area contributed by atoms with Crippen LogP contribution in [-0.2, 0) is 16.1 Å². The maximum atomic E-state index is 12.3. The zero-order chi connectivity index (χ0) is 14.9. The van der Waals surface area contributed by atoms with E-state index >= 15 is 0 Å². The van der Waals surface area contributed by atoms with Crippen LogP contribution in [0.2, 0.25) is 0 Å². The molecule has 1 aromatic rings. The second-order valence-corrected chi connectivity index (χ2v) is 5.98. The molecular weight excluding hydrogens is 270 g/mol. The minimum atomic E-state index is -1.14. The Kier molecular flexibility index (Phi) is 3.87. The number of carbonyl (C=O) groups is 1. The first kappa shape index (κ1) is 14.4. The topological polar surface area (TPSA) is 59.0 Å². The van der Waals surface area contributed by atoms with E-state index in [1.165, 1.54) is 0 Å². The fourth-order valence-electron chi connectivity index (χ4n) is 3.19. The van der Waals surface area contributed by atoms with Gasteiger partial charge in [-0.15, -0.1) is 0 Å². The van der Waals surface area contributed by atoms with E-state index in [4.69, 9.17) is 9.47 Å². The smallest absolute Gasteiger partial charge is 0.410 e. The van der Waals surface area contributed by atoms with Crippen molar-refractivity contribution in [1.82, 2.24) is 4.90 Å². The maximum absolute atomic E-state index is 12.3. The summed E-state index contributed by atoms with van der Waals surface area (Å²) in [5, 5.41) is 10.0. The predicted molar refractivity (Wildman–Crippen MR) is 76.5 cm³/mol. The van der Waals surface area contributed by atoms with Crippen molar-refractivity contribution in [2.45, 2.75) is 50.7 Å². The Labute approximate surface area is 124 Å².